The molecule has 43 heavy (non-hydrogen) atoms. The quantitative estimate of drug-likeness (QED) is 0.389. The summed E-state index contributed by atoms with van der Waals surface area (Å²) in [6.07, 6.45) is 4.32. The van der Waals surface area contributed by atoms with Gasteiger partial charge >= 0.3 is 12.1 Å². The third-order valence-corrected chi connectivity index (χ3v) is 8.78. The van der Waals surface area contributed by atoms with Crippen LogP contribution in [0.4, 0.5) is 4.79 Å². The van der Waals surface area contributed by atoms with Crippen LogP contribution in [0.5, 0.6) is 0 Å². The van der Waals surface area contributed by atoms with Crippen molar-refractivity contribution in [3.05, 3.63) is 48.0 Å². The highest BCUT2D eigenvalue weighted by Gasteiger charge is 2.54. The minimum absolute atomic E-state index is 0.0954. The van der Waals surface area contributed by atoms with Crippen molar-refractivity contribution in [2.24, 2.45) is 5.92 Å². The largest absolute Gasteiger partial charge is 0.480 e. The van der Waals surface area contributed by atoms with Crippen LogP contribution in [-0.4, -0.2) is 69.8 Å². The summed E-state index contributed by atoms with van der Waals surface area (Å²) in [6, 6.07) is 12.2. The Bertz CT molecular complexity index is 1350. The molecule has 1 heterocycles. The van der Waals surface area contributed by atoms with Gasteiger partial charge in [0.15, 0.2) is 0 Å². The number of benzene rings is 2. The molecule has 0 spiro atoms. The van der Waals surface area contributed by atoms with Crippen molar-refractivity contribution < 1.29 is 33.8 Å². The SMILES string of the molecule is CC(C)(C)OC(=O)N[C@H](C(=O)N1C[C@H](OCc2cccc3ccccc23)C[C@H]1C(=O)NC1(C(=O)O)CC1)C1CCCCC1. The van der Waals surface area contributed by atoms with Crippen molar-refractivity contribution >= 4 is 34.6 Å². The minimum atomic E-state index is -1.29. The molecular weight excluding hydrogens is 550 g/mol. The maximum atomic E-state index is 14.3. The molecule has 232 valence electrons. The van der Waals surface area contributed by atoms with E-state index >= 15 is 0 Å². The molecule has 2 aliphatic carbocycles. The first-order chi connectivity index (χ1) is 20.5. The fourth-order valence-corrected chi connectivity index (χ4v) is 6.33. The first-order valence-electron chi connectivity index (χ1n) is 15.4. The summed E-state index contributed by atoms with van der Waals surface area (Å²) in [6.45, 7) is 5.74. The normalized spacial score (nSPS) is 22.5. The number of likely N-dealkylation sites (tertiary alicyclic amines) is 1. The molecule has 0 radical (unpaired) electrons. The summed E-state index contributed by atoms with van der Waals surface area (Å²) >= 11 is 0. The summed E-state index contributed by atoms with van der Waals surface area (Å²) in [5.41, 5.74) is -1.03. The lowest BCUT2D eigenvalue weighted by molar-refractivity contribution is -0.145. The van der Waals surface area contributed by atoms with Crippen molar-refractivity contribution in [2.45, 2.75) is 108 Å². The average Bonchev–Trinajstić information content (AvgIpc) is 3.63. The molecule has 10 heteroatoms. The summed E-state index contributed by atoms with van der Waals surface area (Å²) in [4.78, 5) is 54.1. The first kappa shape index (κ1) is 30.8. The Morgan fingerprint density at radius 3 is 2.40 bits per heavy atom. The molecule has 0 bridgehead atoms. The Kier molecular flexibility index (Phi) is 8.96. The van der Waals surface area contributed by atoms with Crippen LogP contribution >= 0.6 is 0 Å². The number of ether oxygens (including phenoxy) is 2. The van der Waals surface area contributed by atoms with E-state index in [-0.39, 0.29) is 24.8 Å². The lowest BCUT2D eigenvalue weighted by Crippen LogP contribution is -2.58. The van der Waals surface area contributed by atoms with Crippen molar-refractivity contribution in [1.29, 1.82) is 0 Å². The number of carboxylic acids is 1. The van der Waals surface area contributed by atoms with Crippen LogP contribution in [0.2, 0.25) is 0 Å². The molecule has 3 atom stereocenters. The van der Waals surface area contributed by atoms with Crippen molar-refractivity contribution in [2.75, 3.05) is 6.54 Å². The zero-order valence-electron chi connectivity index (χ0n) is 25.3. The Balaban J connectivity index is 1.37. The average molecular weight is 594 g/mol. The summed E-state index contributed by atoms with van der Waals surface area (Å²) < 4.78 is 11.8. The molecular formula is C33H43N3O7. The maximum Gasteiger partial charge on any atom is 0.408 e. The highest BCUT2D eigenvalue weighted by Crippen LogP contribution is 2.37. The van der Waals surface area contributed by atoms with Gasteiger partial charge in [-0.25, -0.2) is 9.59 Å². The number of carbonyl (C=O) groups excluding carboxylic acids is 3. The molecule has 0 unspecified atom stereocenters. The Labute approximate surface area is 252 Å². The first-order valence-corrected chi connectivity index (χ1v) is 15.4. The molecule has 0 aromatic heterocycles. The highest BCUT2D eigenvalue weighted by molar-refractivity contribution is 5.95. The van der Waals surface area contributed by atoms with Crippen LogP contribution in [-0.2, 0) is 30.5 Å². The second-order valence-corrected chi connectivity index (χ2v) is 13.2. The maximum absolute atomic E-state index is 14.3. The second kappa shape index (κ2) is 12.5. The number of carbonyl (C=O) groups is 4. The van der Waals surface area contributed by atoms with Gasteiger partial charge in [-0.1, -0.05) is 61.7 Å². The molecule has 3 fully saturated rings. The van der Waals surface area contributed by atoms with Gasteiger partial charge in [0.05, 0.1) is 12.7 Å². The van der Waals surface area contributed by atoms with Crippen LogP contribution in [0, 0.1) is 5.92 Å². The van der Waals surface area contributed by atoms with E-state index in [9.17, 15) is 24.3 Å². The lowest BCUT2D eigenvalue weighted by atomic mass is 9.83. The molecule has 2 saturated carbocycles. The van der Waals surface area contributed by atoms with E-state index < -0.39 is 47.3 Å². The Hall–Kier alpha value is -3.66. The van der Waals surface area contributed by atoms with Gasteiger partial charge in [0.1, 0.15) is 23.2 Å². The fourth-order valence-electron chi connectivity index (χ4n) is 6.33. The molecule has 3 N–H and O–H groups in total. The van der Waals surface area contributed by atoms with E-state index in [1.807, 2.05) is 42.5 Å². The number of amides is 3. The van der Waals surface area contributed by atoms with Crippen molar-refractivity contribution in [3.63, 3.8) is 0 Å². The number of aliphatic carboxylic acids is 1. The Morgan fingerprint density at radius 1 is 1.02 bits per heavy atom. The third-order valence-electron chi connectivity index (χ3n) is 8.78. The number of nitrogens with one attached hydrogen (secondary N) is 2. The van der Waals surface area contributed by atoms with Crippen molar-refractivity contribution in [3.8, 4) is 0 Å². The van der Waals surface area contributed by atoms with Gasteiger partial charge in [0.25, 0.3) is 0 Å². The van der Waals surface area contributed by atoms with E-state index in [4.69, 9.17) is 9.47 Å². The van der Waals surface area contributed by atoms with Crippen molar-refractivity contribution in [1.82, 2.24) is 15.5 Å². The van der Waals surface area contributed by atoms with Gasteiger partial charge in [-0.3, -0.25) is 9.59 Å². The highest BCUT2D eigenvalue weighted by atomic mass is 16.6. The number of fused-ring (bicyclic) bond motifs is 1. The topological polar surface area (TPSA) is 134 Å². The number of nitrogens with zero attached hydrogens (tertiary/aromatic N) is 1. The van der Waals surface area contributed by atoms with Gasteiger partial charge in [-0.15, -0.1) is 0 Å². The minimum Gasteiger partial charge on any atom is -0.480 e. The van der Waals surface area contributed by atoms with Gasteiger partial charge in [-0.05, 0) is 68.7 Å². The monoisotopic (exact) mass is 593 g/mol. The number of carboxylic acid groups (broad SMARTS) is 1. The van der Waals surface area contributed by atoms with Gasteiger partial charge in [0.2, 0.25) is 11.8 Å². The van der Waals surface area contributed by atoms with E-state index in [1.165, 1.54) is 4.90 Å². The van der Waals surface area contributed by atoms with E-state index in [2.05, 4.69) is 10.6 Å². The predicted octanol–water partition coefficient (Wildman–Crippen LogP) is 4.53. The van der Waals surface area contributed by atoms with Crippen LogP contribution in [0.25, 0.3) is 10.8 Å². The fraction of sp³-hybridized carbons (Fsp3) is 0.576. The molecule has 1 saturated heterocycles. The van der Waals surface area contributed by atoms with Crippen LogP contribution < -0.4 is 10.6 Å². The zero-order chi connectivity index (χ0) is 30.8. The molecule has 1 aliphatic heterocycles. The summed E-state index contributed by atoms with van der Waals surface area (Å²) in [5.74, 6) is -2.05. The molecule has 10 nitrogen and oxygen atoms in total. The third kappa shape index (κ3) is 7.29. The number of hydrogen-bond acceptors (Lipinski definition) is 6. The number of alkyl carbamates (subject to hydrolysis) is 1. The molecule has 3 aliphatic rings. The smallest absolute Gasteiger partial charge is 0.408 e. The van der Waals surface area contributed by atoms with E-state index in [1.54, 1.807) is 20.8 Å². The number of hydrogen-bond donors (Lipinski definition) is 3. The predicted molar refractivity (Wildman–Crippen MR) is 160 cm³/mol. The van der Waals surface area contributed by atoms with E-state index in [0.717, 1.165) is 48.4 Å². The van der Waals surface area contributed by atoms with Crippen LogP contribution in [0.3, 0.4) is 0 Å². The second-order valence-electron chi connectivity index (χ2n) is 13.2. The number of rotatable bonds is 9. The van der Waals surface area contributed by atoms with Crippen LogP contribution in [0.15, 0.2) is 42.5 Å². The van der Waals surface area contributed by atoms with Crippen LogP contribution in [0.1, 0.15) is 77.7 Å². The summed E-state index contributed by atoms with van der Waals surface area (Å²) in [7, 11) is 0. The van der Waals surface area contributed by atoms with E-state index in [0.29, 0.717) is 19.4 Å². The lowest BCUT2D eigenvalue weighted by Gasteiger charge is -2.35. The molecule has 2 aromatic carbocycles. The summed E-state index contributed by atoms with van der Waals surface area (Å²) in [5, 5.41) is 17.4. The van der Waals surface area contributed by atoms with Gasteiger partial charge < -0.3 is 30.1 Å². The Morgan fingerprint density at radius 2 is 1.72 bits per heavy atom. The standard InChI is InChI=1S/C33H43N3O7/c1-32(2,3)43-31(41)34-27(22-11-5-4-6-12-22)29(38)36-19-24(18-26(36)28(37)35-33(16-17-33)30(39)40)42-20-23-14-9-13-21-10-7-8-15-25(21)23/h7-10,13-15,22,24,26-27H,4-6,11-12,16-20H2,1-3H3,(H,34,41)(H,35,37)(H,39,40)/t24-,26+,27+/m1/s1. The molecule has 5 rings (SSSR count). The zero-order valence-corrected chi connectivity index (χ0v) is 25.3. The van der Waals surface area contributed by atoms with Gasteiger partial charge in [0, 0.05) is 13.0 Å². The van der Waals surface area contributed by atoms with Gasteiger partial charge in [-0.2, -0.15) is 0 Å². The molecule has 2 aromatic rings. The molecule has 3 amide bonds.